The van der Waals surface area contributed by atoms with E-state index in [0.29, 0.717) is 0 Å². The molecule has 1 atom stereocenters. The molecule has 0 saturated heterocycles. The maximum absolute atomic E-state index is 10.5. The lowest BCUT2D eigenvalue weighted by Crippen LogP contribution is -2.19. The summed E-state index contributed by atoms with van der Waals surface area (Å²) in [6.07, 6.45) is 0.117. The minimum absolute atomic E-state index is 0.0721. The first-order valence-corrected chi connectivity index (χ1v) is 5.53. The van der Waals surface area contributed by atoms with E-state index in [4.69, 9.17) is 5.11 Å². The van der Waals surface area contributed by atoms with Gasteiger partial charge in [0.1, 0.15) is 0 Å². The molecule has 1 aromatic carbocycles. The number of carbonyl (C=O) groups is 1. The van der Waals surface area contributed by atoms with Crippen LogP contribution in [0.15, 0.2) is 22.7 Å². The molecule has 4 heteroatoms. The van der Waals surface area contributed by atoms with Crippen LogP contribution < -0.4 is 5.32 Å². The summed E-state index contributed by atoms with van der Waals surface area (Å²) in [7, 11) is 0. The molecule has 0 fully saturated rings. The summed E-state index contributed by atoms with van der Waals surface area (Å²) in [4.78, 5) is 10.5. The third-order valence-electron chi connectivity index (χ3n) is 2.07. The molecule has 0 amide bonds. The number of hydrogen-bond donors (Lipinski definition) is 2. The molecule has 0 aromatic heterocycles. The van der Waals surface area contributed by atoms with E-state index in [1.807, 2.05) is 32.0 Å². The second kappa shape index (κ2) is 5.16. The number of rotatable bonds is 4. The zero-order valence-electron chi connectivity index (χ0n) is 8.75. The molecule has 0 heterocycles. The van der Waals surface area contributed by atoms with Gasteiger partial charge in [0, 0.05) is 16.2 Å². The Morgan fingerprint density at radius 1 is 1.60 bits per heavy atom. The molecule has 82 valence electrons. The molecule has 0 aliphatic rings. The first-order chi connectivity index (χ1) is 6.99. The Kier molecular flexibility index (Phi) is 4.15. The van der Waals surface area contributed by atoms with Gasteiger partial charge in [-0.1, -0.05) is 22.0 Å². The van der Waals surface area contributed by atoms with Crippen LogP contribution in [0, 0.1) is 6.92 Å². The third kappa shape index (κ3) is 3.91. The van der Waals surface area contributed by atoms with Crippen LogP contribution >= 0.6 is 15.9 Å². The lowest BCUT2D eigenvalue weighted by Gasteiger charge is -2.13. The van der Waals surface area contributed by atoms with Crippen LogP contribution in [0.25, 0.3) is 0 Å². The van der Waals surface area contributed by atoms with Crippen molar-refractivity contribution in [3.8, 4) is 0 Å². The topological polar surface area (TPSA) is 49.3 Å². The number of carboxylic acids is 1. The minimum atomic E-state index is -0.791. The first-order valence-electron chi connectivity index (χ1n) is 4.73. The molecule has 0 aliphatic carbocycles. The molecular weight excluding hydrogens is 258 g/mol. The van der Waals surface area contributed by atoms with Gasteiger partial charge in [0.15, 0.2) is 0 Å². The molecule has 1 rings (SSSR count). The van der Waals surface area contributed by atoms with Crippen molar-refractivity contribution in [2.45, 2.75) is 26.3 Å². The normalized spacial score (nSPS) is 12.2. The predicted octanol–water partition coefficient (Wildman–Crippen LogP) is 3.03. The van der Waals surface area contributed by atoms with E-state index in [-0.39, 0.29) is 12.5 Å². The van der Waals surface area contributed by atoms with Gasteiger partial charge < -0.3 is 10.4 Å². The summed E-state index contributed by atoms with van der Waals surface area (Å²) >= 11 is 3.43. The molecule has 2 N–H and O–H groups in total. The Morgan fingerprint density at radius 2 is 2.27 bits per heavy atom. The van der Waals surface area contributed by atoms with Crippen molar-refractivity contribution in [1.82, 2.24) is 0 Å². The van der Waals surface area contributed by atoms with Crippen molar-refractivity contribution in [3.63, 3.8) is 0 Å². The molecule has 1 aromatic rings. The van der Waals surface area contributed by atoms with Gasteiger partial charge in [0.2, 0.25) is 0 Å². The minimum Gasteiger partial charge on any atom is -0.481 e. The van der Waals surface area contributed by atoms with Gasteiger partial charge >= 0.3 is 5.97 Å². The van der Waals surface area contributed by atoms with Gasteiger partial charge in [0.25, 0.3) is 0 Å². The number of halogens is 1. The number of carboxylic acid groups (broad SMARTS) is 1. The molecular formula is C11H14BrNO2. The van der Waals surface area contributed by atoms with Gasteiger partial charge in [-0.25, -0.2) is 0 Å². The monoisotopic (exact) mass is 271 g/mol. The van der Waals surface area contributed by atoms with E-state index in [1.54, 1.807) is 0 Å². The second-order valence-electron chi connectivity index (χ2n) is 3.61. The maximum atomic E-state index is 10.5. The highest BCUT2D eigenvalue weighted by Crippen LogP contribution is 2.21. The highest BCUT2D eigenvalue weighted by Gasteiger charge is 2.07. The van der Waals surface area contributed by atoms with Crippen molar-refractivity contribution in [2.75, 3.05) is 5.32 Å². The van der Waals surface area contributed by atoms with Gasteiger partial charge in [-0.05, 0) is 31.5 Å². The van der Waals surface area contributed by atoms with Crippen LogP contribution in [0.3, 0.4) is 0 Å². The van der Waals surface area contributed by atoms with Gasteiger partial charge in [-0.15, -0.1) is 0 Å². The molecule has 3 nitrogen and oxygen atoms in total. The fraction of sp³-hybridized carbons (Fsp3) is 0.364. The summed E-state index contributed by atoms with van der Waals surface area (Å²) < 4.78 is 1.02. The summed E-state index contributed by atoms with van der Waals surface area (Å²) in [6, 6.07) is 5.81. The molecule has 0 bridgehead atoms. The number of benzene rings is 1. The molecule has 0 radical (unpaired) electrons. The number of anilines is 1. The highest BCUT2D eigenvalue weighted by atomic mass is 79.9. The SMILES string of the molecule is Cc1ccc(NC(C)CC(=O)O)cc1Br. The van der Waals surface area contributed by atoms with Crippen LogP contribution in [0.2, 0.25) is 0 Å². The standard InChI is InChI=1S/C11H14BrNO2/c1-7-3-4-9(6-10(7)12)13-8(2)5-11(14)15/h3-4,6,8,13H,5H2,1-2H3,(H,14,15). The quantitative estimate of drug-likeness (QED) is 0.885. The Hall–Kier alpha value is -1.03. The van der Waals surface area contributed by atoms with Crippen molar-refractivity contribution >= 4 is 27.6 Å². The van der Waals surface area contributed by atoms with E-state index >= 15 is 0 Å². The maximum Gasteiger partial charge on any atom is 0.305 e. The van der Waals surface area contributed by atoms with Crippen LogP contribution in [0.1, 0.15) is 18.9 Å². The lowest BCUT2D eigenvalue weighted by atomic mass is 10.2. The summed E-state index contributed by atoms with van der Waals surface area (Å²) in [6.45, 7) is 3.86. The van der Waals surface area contributed by atoms with Crippen molar-refractivity contribution in [2.24, 2.45) is 0 Å². The Labute approximate surface area is 97.6 Å². The number of hydrogen-bond acceptors (Lipinski definition) is 2. The largest absolute Gasteiger partial charge is 0.481 e. The molecule has 0 spiro atoms. The summed E-state index contributed by atoms with van der Waals surface area (Å²) in [5.74, 6) is -0.791. The van der Waals surface area contributed by atoms with Gasteiger partial charge in [-0.3, -0.25) is 4.79 Å². The molecule has 0 aliphatic heterocycles. The van der Waals surface area contributed by atoms with E-state index in [2.05, 4.69) is 21.2 Å². The Balaban J connectivity index is 2.64. The first kappa shape index (κ1) is 12.0. The average molecular weight is 272 g/mol. The van der Waals surface area contributed by atoms with Gasteiger partial charge in [-0.2, -0.15) is 0 Å². The number of aliphatic carboxylic acids is 1. The Morgan fingerprint density at radius 3 is 2.80 bits per heavy atom. The highest BCUT2D eigenvalue weighted by molar-refractivity contribution is 9.10. The Bertz CT molecular complexity index is 366. The van der Waals surface area contributed by atoms with Crippen LogP contribution in [0.5, 0.6) is 0 Å². The van der Waals surface area contributed by atoms with Crippen molar-refractivity contribution < 1.29 is 9.90 Å². The molecule has 1 unspecified atom stereocenters. The average Bonchev–Trinajstić information content (AvgIpc) is 2.10. The van der Waals surface area contributed by atoms with Crippen molar-refractivity contribution in [3.05, 3.63) is 28.2 Å². The van der Waals surface area contributed by atoms with E-state index in [9.17, 15) is 4.79 Å². The third-order valence-corrected chi connectivity index (χ3v) is 2.92. The van der Waals surface area contributed by atoms with Crippen LogP contribution in [0.4, 0.5) is 5.69 Å². The zero-order valence-corrected chi connectivity index (χ0v) is 10.3. The lowest BCUT2D eigenvalue weighted by molar-refractivity contribution is -0.137. The molecule has 15 heavy (non-hydrogen) atoms. The zero-order chi connectivity index (χ0) is 11.4. The van der Waals surface area contributed by atoms with E-state index in [0.717, 1.165) is 15.7 Å². The van der Waals surface area contributed by atoms with Crippen molar-refractivity contribution in [1.29, 1.82) is 0 Å². The predicted molar refractivity (Wildman–Crippen MR) is 64.2 cm³/mol. The fourth-order valence-corrected chi connectivity index (χ4v) is 1.66. The second-order valence-corrected chi connectivity index (χ2v) is 4.46. The van der Waals surface area contributed by atoms with E-state index in [1.165, 1.54) is 0 Å². The fourth-order valence-electron chi connectivity index (χ4n) is 1.28. The van der Waals surface area contributed by atoms with Gasteiger partial charge in [0.05, 0.1) is 6.42 Å². The number of aryl methyl sites for hydroxylation is 1. The summed E-state index contributed by atoms with van der Waals surface area (Å²) in [5, 5.41) is 11.7. The smallest absolute Gasteiger partial charge is 0.305 e. The van der Waals surface area contributed by atoms with E-state index < -0.39 is 5.97 Å². The van der Waals surface area contributed by atoms with Crippen LogP contribution in [-0.4, -0.2) is 17.1 Å². The van der Waals surface area contributed by atoms with Crippen LogP contribution in [-0.2, 0) is 4.79 Å². The summed E-state index contributed by atoms with van der Waals surface area (Å²) in [5.41, 5.74) is 2.09. The number of nitrogens with one attached hydrogen (secondary N) is 1. The molecule has 0 saturated carbocycles.